The van der Waals surface area contributed by atoms with Crippen LogP contribution in [-0.2, 0) is 13.0 Å². The third-order valence-corrected chi connectivity index (χ3v) is 2.25. The highest BCUT2D eigenvalue weighted by Crippen LogP contribution is 2.33. The van der Waals surface area contributed by atoms with Crippen LogP contribution in [0.4, 0.5) is 0 Å². The van der Waals surface area contributed by atoms with Gasteiger partial charge in [0.25, 0.3) is 0 Å². The van der Waals surface area contributed by atoms with E-state index in [1.54, 1.807) is 19.3 Å². The first kappa shape index (κ1) is 12.6. The van der Waals surface area contributed by atoms with Gasteiger partial charge in [-0.1, -0.05) is 6.08 Å². The summed E-state index contributed by atoms with van der Waals surface area (Å²) >= 11 is 0. The van der Waals surface area contributed by atoms with E-state index < -0.39 is 0 Å². The molecule has 0 aliphatic heterocycles. The largest absolute Gasteiger partial charge is 0.493 e. The molecule has 1 aromatic carbocycles. The molecule has 0 aliphatic rings. The fraction of sp³-hybridized carbons (Fsp3) is 0.385. The van der Waals surface area contributed by atoms with Crippen molar-refractivity contribution in [3.63, 3.8) is 0 Å². The summed E-state index contributed by atoms with van der Waals surface area (Å²) in [5.74, 6) is 1.40. The highest BCUT2D eigenvalue weighted by Gasteiger charge is 2.11. The number of ether oxygens (including phenoxy) is 2. The van der Waals surface area contributed by atoms with Crippen molar-refractivity contribution in [2.24, 2.45) is 0 Å². The van der Waals surface area contributed by atoms with E-state index in [0.29, 0.717) is 18.8 Å². The highest BCUT2D eigenvalue weighted by atomic mass is 16.5. The second-order valence-corrected chi connectivity index (χ2v) is 3.37. The average Bonchev–Trinajstić information content (AvgIpc) is 2.31. The normalized spacial score (nSPS) is 9.94. The number of benzene rings is 1. The molecular weight excluding hydrogens is 204 g/mol. The Morgan fingerprint density at radius 1 is 1.44 bits per heavy atom. The van der Waals surface area contributed by atoms with Crippen molar-refractivity contribution in [1.29, 1.82) is 0 Å². The Hall–Kier alpha value is -1.48. The number of rotatable bonds is 6. The van der Waals surface area contributed by atoms with Crippen molar-refractivity contribution >= 4 is 0 Å². The third kappa shape index (κ3) is 2.76. The molecule has 0 saturated heterocycles. The lowest BCUT2D eigenvalue weighted by Crippen LogP contribution is -2.01. The Kier molecular flexibility index (Phi) is 4.86. The van der Waals surface area contributed by atoms with Gasteiger partial charge in [-0.2, -0.15) is 0 Å². The van der Waals surface area contributed by atoms with Gasteiger partial charge in [0.2, 0.25) is 0 Å². The fourth-order valence-corrected chi connectivity index (χ4v) is 1.58. The Balaban J connectivity index is 3.22. The fourth-order valence-electron chi connectivity index (χ4n) is 1.58. The number of hydrogen-bond donors (Lipinski definition) is 1. The number of methoxy groups -OCH3 is 1. The quantitative estimate of drug-likeness (QED) is 0.751. The predicted molar refractivity (Wildman–Crippen MR) is 64.0 cm³/mol. The summed E-state index contributed by atoms with van der Waals surface area (Å²) < 4.78 is 10.8. The molecule has 0 aromatic heterocycles. The molecule has 0 saturated carbocycles. The summed E-state index contributed by atoms with van der Waals surface area (Å²) in [6, 6.07) is 3.70. The predicted octanol–water partition coefficient (Wildman–Crippen LogP) is 2.31. The first-order valence-electron chi connectivity index (χ1n) is 5.31. The summed E-state index contributed by atoms with van der Waals surface area (Å²) in [6.07, 6.45) is 2.50. The molecule has 0 spiro atoms. The molecule has 3 nitrogen and oxygen atoms in total. The second-order valence-electron chi connectivity index (χ2n) is 3.37. The molecule has 0 heterocycles. The number of hydrogen-bond acceptors (Lipinski definition) is 3. The van der Waals surface area contributed by atoms with Crippen molar-refractivity contribution < 1.29 is 14.6 Å². The van der Waals surface area contributed by atoms with Crippen molar-refractivity contribution in [1.82, 2.24) is 0 Å². The van der Waals surface area contributed by atoms with E-state index in [1.165, 1.54) is 0 Å². The first-order chi connectivity index (χ1) is 7.76. The van der Waals surface area contributed by atoms with E-state index in [0.717, 1.165) is 16.9 Å². The zero-order valence-corrected chi connectivity index (χ0v) is 9.82. The molecule has 0 radical (unpaired) electrons. The minimum atomic E-state index is -0.00704. The van der Waals surface area contributed by atoms with Crippen LogP contribution < -0.4 is 9.47 Å². The van der Waals surface area contributed by atoms with E-state index in [1.807, 2.05) is 13.0 Å². The number of allylic oxidation sites excluding steroid dienone is 1. The van der Waals surface area contributed by atoms with Crippen molar-refractivity contribution in [3.8, 4) is 11.5 Å². The lowest BCUT2D eigenvalue weighted by molar-refractivity contribution is 0.278. The first-order valence-corrected chi connectivity index (χ1v) is 5.31. The summed E-state index contributed by atoms with van der Waals surface area (Å²) in [5, 5.41) is 9.15. The van der Waals surface area contributed by atoms with Crippen LogP contribution in [0.1, 0.15) is 18.1 Å². The van der Waals surface area contributed by atoms with Gasteiger partial charge in [0, 0.05) is 5.56 Å². The van der Waals surface area contributed by atoms with E-state index >= 15 is 0 Å². The molecule has 0 aliphatic carbocycles. The van der Waals surface area contributed by atoms with E-state index in [2.05, 4.69) is 6.58 Å². The molecule has 0 fully saturated rings. The second kappa shape index (κ2) is 6.18. The van der Waals surface area contributed by atoms with Crippen LogP contribution in [0.25, 0.3) is 0 Å². The molecular formula is C13H18O3. The molecule has 0 amide bonds. The number of aliphatic hydroxyl groups excluding tert-OH is 1. The monoisotopic (exact) mass is 222 g/mol. The minimum absolute atomic E-state index is 0.00704. The molecule has 1 rings (SSSR count). The van der Waals surface area contributed by atoms with Crippen molar-refractivity contribution in [3.05, 3.63) is 35.9 Å². The SMILES string of the molecule is C=CCc1cc(CO)cc(OC)c1OCC. The average molecular weight is 222 g/mol. The maximum Gasteiger partial charge on any atom is 0.164 e. The topological polar surface area (TPSA) is 38.7 Å². The molecule has 0 bridgehead atoms. The molecule has 0 unspecified atom stereocenters. The van der Waals surface area contributed by atoms with Crippen LogP contribution >= 0.6 is 0 Å². The smallest absolute Gasteiger partial charge is 0.164 e. The molecule has 0 atom stereocenters. The molecule has 1 aromatic rings. The summed E-state index contributed by atoms with van der Waals surface area (Å²) in [4.78, 5) is 0. The van der Waals surface area contributed by atoms with Gasteiger partial charge in [-0.05, 0) is 31.0 Å². The lowest BCUT2D eigenvalue weighted by atomic mass is 10.1. The van der Waals surface area contributed by atoms with Crippen molar-refractivity contribution in [2.45, 2.75) is 20.0 Å². The maximum atomic E-state index is 9.15. The van der Waals surface area contributed by atoms with Gasteiger partial charge < -0.3 is 14.6 Å². The van der Waals surface area contributed by atoms with E-state index in [-0.39, 0.29) is 6.61 Å². The zero-order valence-electron chi connectivity index (χ0n) is 9.82. The van der Waals surface area contributed by atoms with Gasteiger partial charge in [0.1, 0.15) is 0 Å². The lowest BCUT2D eigenvalue weighted by Gasteiger charge is -2.14. The standard InChI is InChI=1S/C13H18O3/c1-4-6-11-7-10(9-14)8-12(15-3)13(11)16-5-2/h4,7-8,14H,1,5-6,9H2,2-3H3. The van der Waals surface area contributed by atoms with Gasteiger partial charge in [0.15, 0.2) is 11.5 Å². The summed E-state index contributed by atoms with van der Waals surface area (Å²) in [6.45, 7) is 6.21. The molecule has 1 N–H and O–H groups in total. The highest BCUT2D eigenvalue weighted by molar-refractivity contribution is 5.50. The summed E-state index contributed by atoms with van der Waals surface area (Å²) in [7, 11) is 1.59. The van der Waals surface area contributed by atoms with Crippen molar-refractivity contribution in [2.75, 3.05) is 13.7 Å². The van der Waals surface area contributed by atoms with E-state index in [9.17, 15) is 0 Å². The summed E-state index contributed by atoms with van der Waals surface area (Å²) in [5.41, 5.74) is 1.80. The van der Waals surface area contributed by atoms with Gasteiger partial charge in [-0.25, -0.2) is 0 Å². The maximum absolute atomic E-state index is 9.15. The van der Waals surface area contributed by atoms with Crippen LogP contribution in [0.2, 0.25) is 0 Å². The number of aliphatic hydroxyl groups is 1. The van der Waals surface area contributed by atoms with Crippen LogP contribution in [0, 0.1) is 0 Å². The van der Waals surface area contributed by atoms with Gasteiger partial charge >= 0.3 is 0 Å². The van der Waals surface area contributed by atoms with Crippen LogP contribution in [0.3, 0.4) is 0 Å². The van der Waals surface area contributed by atoms with Crippen LogP contribution in [-0.4, -0.2) is 18.8 Å². The zero-order chi connectivity index (χ0) is 12.0. The minimum Gasteiger partial charge on any atom is -0.493 e. The Morgan fingerprint density at radius 3 is 2.69 bits per heavy atom. The molecule has 16 heavy (non-hydrogen) atoms. The molecule has 88 valence electrons. The van der Waals surface area contributed by atoms with Crippen LogP contribution in [0.15, 0.2) is 24.8 Å². The molecule has 3 heteroatoms. The Bertz CT molecular complexity index is 358. The third-order valence-electron chi connectivity index (χ3n) is 2.25. The van der Waals surface area contributed by atoms with Gasteiger partial charge in [-0.3, -0.25) is 0 Å². The van der Waals surface area contributed by atoms with Crippen LogP contribution in [0.5, 0.6) is 11.5 Å². The van der Waals surface area contributed by atoms with E-state index in [4.69, 9.17) is 14.6 Å². The van der Waals surface area contributed by atoms with Gasteiger partial charge in [0.05, 0.1) is 20.3 Å². The Morgan fingerprint density at radius 2 is 2.19 bits per heavy atom. The van der Waals surface area contributed by atoms with Gasteiger partial charge in [-0.15, -0.1) is 6.58 Å². The Labute approximate surface area is 96.3 Å².